The van der Waals surface area contributed by atoms with Crippen molar-refractivity contribution in [3.05, 3.63) is 77.2 Å². The predicted molar refractivity (Wildman–Crippen MR) is 140 cm³/mol. The molecule has 0 saturated carbocycles. The van der Waals surface area contributed by atoms with Gasteiger partial charge in [-0.25, -0.2) is 9.97 Å². The van der Waals surface area contributed by atoms with Crippen molar-refractivity contribution in [2.45, 2.75) is 37.2 Å². The summed E-state index contributed by atoms with van der Waals surface area (Å²) in [7, 11) is 0. The zero-order valence-electron chi connectivity index (χ0n) is 19.1. The average molecular weight is 509 g/mol. The van der Waals surface area contributed by atoms with Crippen LogP contribution in [0.15, 0.2) is 61.1 Å². The molecule has 180 valence electrons. The van der Waals surface area contributed by atoms with Gasteiger partial charge >= 0.3 is 0 Å². The number of carbonyl (C=O) groups is 1. The van der Waals surface area contributed by atoms with E-state index in [-0.39, 0.29) is 23.2 Å². The quantitative estimate of drug-likeness (QED) is 0.276. The van der Waals surface area contributed by atoms with Crippen molar-refractivity contribution in [3.8, 4) is 11.5 Å². The maximum Gasteiger partial charge on any atom is 0.196 e. The van der Waals surface area contributed by atoms with Crippen LogP contribution in [0.2, 0.25) is 5.02 Å². The van der Waals surface area contributed by atoms with E-state index < -0.39 is 0 Å². The number of hydrogen-bond acceptors (Lipinski definition) is 7. The third-order valence-electron chi connectivity index (χ3n) is 6.07. The van der Waals surface area contributed by atoms with Crippen LogP contribution in [0.5, 0.6) is 11.5 Å². The van der Waals surface area contributed by atoms with E-state index in [1.54, 1.807) is 36.2 Å². The Kier molecular flexibility index (Phi) is 6.95. The number of nitrogens with zero attached hydrogens (tertiary/aromatic N) is 2. The van der Waals surface area contributed by atoms with Gasteiger partial charge in [0.1, 0.15) is 29.3 Å². The molecule has 4 aromatic rings. The van der Waals surface area contributed by atoms with Crippen molar-refractivity contribution >= 4 is 46.0 Å². The van der Waals surface area contributed by atoms with Gasteiger partial charge in [0.05, 0.1) is 22.1 Å². The molecule has 3 unspecified atom stereocenters. The van der Waals surface area contributed by atoms with Crippen LogP contribution < -0.4 is 10.1 Å². The van der Waals surface area contributed by atoms with Crippen LogP contribution in [0.25, 0.3) is 11.0 Å². The number of ketones is 1. The monoisotopic (exact) mass is 508 g/mol. The van der Waals surface area contributed by atoms with Crippen LogP contribution in [-0.2, 0) is 0 Å². The number of para-hydroxylation sites is 1. The maximum atomic E-state index is 13.5. The fourth-order valence-electron chi connectivity index (χ4n) is 4.22. The van der Waals surface area contributed by atoms with Gasteiger partial charge in [-0.2, -0.15) is 11.8 Å². The molecule has 7 nitrogen and oxygen atoms in total. The number of rotatable bonds is 7. The zero-order chi connectivity index (χ0) is 24.4. The largest absolute Gasteiger partial charge is 0.457 e. The van der Waals surface area contributed by atoms with E-state index in [1.807, 2.05) is 37.3 Å². The summed E-state index contributed by atoms with van der Waals surface area (Å²) in [6.07, 6.45) is 4.63. The molecule has 9 heteroatoms. The normalized spacial score (nSPS) is 18.8. The first-order chi connectivity index (χ1) is 17.0. The van der Waals surface area contributed by atoms with E-state index in [0.29, 0.717) is 44.5 Å². The molecule has 0 spiro atoms. The molecule has 3 atom stereocenters. The molecule has 0 radical (unpaired) electrons. The molecule has 1 aliphatic rings. The minimum Gasteiger partial charge on any atom is -0.457 e. The number of H-pyrrole nitrogens is 1. The van der Waals surface area contributed by atoms with Gasteiger partial charge in [-0.05, 0) is 44.0 Å². The van der Waals surface area contributed by atoms with Crippen LogP contribution in [0.4, 0.5) is 5.82 Å². The second-order valence-electron chi connectivity index (χ2n) is 8.57. The first-order valence-corrected chi connectivity index (χ1v) is 12.9. The van der Waals surface area contributed by atoms with Gasteiger partial charge in [-0.15, -0.1) is 0 Å². The summed E-state index contributed by atoms with van der Waals surface area (Å²) < 4.78 is 5.83. The van der Waals surface area contributed by atoms with Gasteiger partial charge in [0.2, 0.25) is 0 Å². The number of halogens is 1. The third kappa shape index (κ3) is 5.15. The molecule has 0 aliphatic carbocycles. The fourth-order valence-corrected chi connectivity index (χ4v) is 5.79. The van der Waals surface area contributed by atoms with Crippen LogP contribution in [0.1, 0.15) is 35.7 Å². The molecule has 1 aliphatic heterocycles. The summed E-state index contributed by atoms with van der Waals surface area (Å²) in [6, 6.07) is 14.6. The minimum atomic E-state index is -0.324. The number of hydrogen-bond donors (Lipinski definition) is 3. The van der Waals surface area contributed by atoms with Crippen molar-refractivity contribution < 1.29 is 14.6 Å². The van der Waals surface area contributed by atoms with E-state index in [9.17, 15) is 9.90 Å². The molecule has 0 amide bonds. The summed E-state index contributed by atoms with van der Waals surface area (Å²) >= 11 is 8.27. The lowest BCUT2D eigenvalue weighted by Crippen LogP contribution is -2.33. The third-order valence-corrected chi connectivity index (χ3v) is 8.03. The Labute approximate surface area is 212 Å². The number of anilines is 1. The highest BCUT2D eigenvalue weighted by molar-refractivity contribution is 8.00. The standard InChI is InChI=1S/C26H25ClN4O3S/c1-15(32)22-10-7-16(13-35-22)31-26-23-20(12-28-25(23)29-14-30-26)24(33)19-9-8-18(11-21(19)27)34-17-5-3-2-4-6-17/h2-6,8-9,11-12,14-16,22,32H,7,10,13H2,1H3,(H2,28,29,30,31). The van der Waals surface area contributed by atoms with Crippen molar-refractivity contribution in [1.82, 2.24) is 15.0 Å². The van der Waals surface area contributed by atoms with Gasteiger partial charge < -0.3 is 20.1 Å². The Balaban J connectivity index is 1.39. The Morgan fingerprint density at radius 3 is 2.71 bits per heavy atom. The Bertz CT molecular complexity index is 1340. The van der Waals surface area contributed by atoms with Crippen molar-refractivity contribution in [3.63, 3.8) is 0 Å². The fraction of sp³-hybridized carbons (Fsp3) is 0.269. The predicted octanol–water partition coefficient (Wildman–Crippen LogP) is 5.69. The lowest BCUT2D eigenvalue weighted by molar-refractivity contribution is 0.104. The molecule has 3 heterocycles. The summed E-state index contributed by atoms with van der Waals surface area (Å²) in [5.41, 5.74) is 1.40. The number of aromatic amines is 1. The topological polar surface area (TPSA) is 100 Å². The highest BCUT2D eigenvalue weighted by Gasteiger charge is 2.27. The number of aliphatic hydroxyl groups is 1. The number of fused-ring (bicyclic) bond motifs is 1. The molecule has 2 aromatic heterocycles. The Hall–Kier alpha value is -3.07. The van der Waals surface area contributed by atoms with Crippen LogP contribution in [-0.4, -0.2) is 49.0 Å². The van der Waals surface area contributed by atoms with Crippen molar-refractivity contribution in [2.24, 2.45) is 0 Å². The van der Waals surface area contributed by atoms with Gasteiger partial charge in [-0.3, -0.25) is 4.79 Å². The molecule has 35 heavy (non-hydrogen) atoms. The highest BCUT2D eigenvalue weighted by Crippen LogP contribution is 2.33. The van der Waals surface area contributed by atoms with E-state index in [4.69, 9.17) is 16.3 Å². The number of aromatic nitrogens is 3. The molecule has 3 N–H and O–H groups in total. The van der Waals surface area contributed by atoms with E-state index in [2.05, 4.69) is 20.3 Å². The van der Waals surface area contributed by atoms with Gasteiger partial charge in [-0.1, -0.05) is 29.8 Å². The van der Waals surface area contributed by atoms with Crippen LogP contribution >= 0.6 is 23.4 Å². The number of aliphatic hydroxyl groups excluding tert-OH is 1. The second kappa shape index (κ2) is 10.3. The maximum absolute atomic E-state index is 13.5. The summed E-state index contributed by atoms with van der Waals surface area (Å²) in [4.78, 5) is 25.3. The lowest BCUT2D eigenvalue weighted by Gasteiger charge is -2.30. The molecular weight excluding hydrogens is 484 g/mol. The smallest absolute Gasteiger partial charge is 0.196 e. The molecule has 0 bridgehead atoms. The van der Waals surface area contributed by atoms with E-state index in [0.717, 1.165) is 18.6 Å². The summed E-state index contributed by atoms with van der Waals surface area (Å²) in [5, 5.41) is 14.5. The van der Waals surface area contributed by atoms with Gasteiger partial charge in [0.25, 0.3) is 0 Å². The molecule has 1 saturated heterocycles. The van der Waals surface area contributed by atoms with E-state index in [1.165, 1.54) is 6.33 Å². The Morgan fingerprint density at radius 1 is 1.17 bits per heavy atom. The number of ether oxygens (including phenoxy) is 1. The van der Waals surface area contributed by atoms with Crippen molar-refractivity contribution in [1.29, 1.82) is 0 Å². The van der Waals surface area contributed by atoms with Crippen LogP contribution in [0.3, 0.4) is 0 Å². The number of thioether (sulfide) groups is 1. The highest BCUT2D eigenvalue weighted by atomic mass is 35.5. The van der Waals surface area contributed by atoms with Gasteiger partial charge in [0, 0.05) is 34.9 Å². The summed E-state index contributed by atoms with van der Waals surface area (Å²) in [6.45, 7) is 1.84. The number of benzene rings is 2. The molecule has 1 fully saturated rings. The molecule has 5 rings (SSSR count). The van der Waals surface area contributed by atoms with E-state index >= 15 is 0 Å². The SMILES string of the molecule is CC(O)C1CCC(Nc2ncnc3[nH]cc(C(=O)c4ccc(Oc5ccccc5)cc4Cl)c23)CS1. The first-order valence-electron chi connectivity index (χ1n) is 11.4. The average Bonchev–Trinajstić information content (AvgIpc) is 3.30. The first kappa shape index (κ1) is 23.7. The number of nitrogens with one attached hydrogen (secondary N) is 2. The molecular formula is C26H25ClN4O3S. The van der Waals surface area contributed by atoms with Crippen LogP contribution in [0, 0.1) is 0 Å². The Morgan fingerprint density at radius 2 is 2.00 bits per heavy atom. The zero-order valence-corrected chi connectivity index (χ0v) is 20.6. The lowest BCUT2D eigenvalue weighted by atomic mass is 10.0. The molecule has 2 aromatic carbocycles. The summed E-state index contributed by atoms with van der Waals surface area (Å²) in [5.74, 6) is 2.47. The minimum absolute atomic E-state index is 0.184. The second-order valence-corrected chi connectivity index (χ2v) is 10.2. The van der Waals surface area contributed by atoms with Gasteiger partial charge in [0.15, 0.2) is 5.78 Å². The number of carbonyl (C=O) groups excluding carboxylic acids is 1. The van der Waals surface area contributed by atoms with Crippen molar-refractivity contribution in [2.75, 3.05) is 11.1 Å².